The van der Waals surface area contributed by atoms with Crippen molar-refractivity contribution >= 4 is 17.4 Å². The van der Waals surface area contributed by atoms with E-state index in [-0.39, 0.29) is 5.69 Å². The largest absolute Gasteiger partial charge is 0.416 e. The average Bonchev–Trinajstić information content (AvgIpc) is 2.65. The molecule has 0 spiro atoms. The van der Waals surface area contributed by atoms with Crippen molar-refractivity contribution in [2.75, 3.05) is 5.32 Å². The summed E-state index contributed by atoms with van der Waals surface area (Å²) < 4.78 is 104. The van der Waals surface area contributed by atoms with Crippen LogP contribution >= 0.6 is 0 Å². The molecule has 2 aromatic rings. The lowest BCUT2D eigenvalue weighted by Crippen LogP contribution is -2.30. The van der Waals surface area contributed by atoms with Crippen molar-refractivity contribution in [3.05, 3.63) is 64.5 Å². The molecule has 29 heavy (non-hydrogen) atoms. The van der Waals surface area contributed by atoms with Crippen molar-refractivity contribution in [2.24, 2.45) is 5.92 Å². The molecule has 1 amide bonds. The zero-order valence-electron chi connectivity index (χ0n) is 13.7. The number of hydrogen-bond donors (Lipinski definition) is 1. The van der Waals surface area contributed by atoms with E-state index in [0.29, 0.717) is 12.1 Å². The summed E-state index contributed by atoms with van der Waals surface area (Å²) >= 11 is 0. The Morgan fingerprint density at radius 2 is 1.31 bits per heavy atom. The Morgan fingerprint density at radius 1 is 0.862 bits per heavy atom. The molecule has 152 valence electrons. The smallest absolute Gasteiger partial charge is 0.325 e. The Balaban J connectivity index is 2.34. The third-order valence-electron chi connectivity index (χ3n) is 3.59. The number of carbonyl (C=O) groups is 2. The Bertz CT molecular complexity index is 997. The standard InChI is InChI=1S/C17H6F8N2O2/c18-10-9(11(19)13(21)14(22)12(10)20)15(28)8(5-26)16(29)27-7-3-1-6(2-4-7)17(23,24)25/h1-4,8H,(H,27,29). The van der Waals surface area contributed by atoms with Gasteiger partial charge in [0, 0.05) is 5.69 Å². The van der Waals surface area contributed by atoms with Crippen LogP contribution in [0.15, 0.2) is 24.3 Å². The molecular formula is C17H6F8N2O2. The van der Waals surface area contributed by atoms with Crippen molar-refractivity contribution in [3.8, 4) is 6.07 Å². The van der Waals surface area contributed by atoms with Crippen LogP contribution in [0.5, 0.6) is 0 Å². The van der Waals surface area contributed by atoms with Crippen LogP contribution in [0.25, 0.3) is 0 Å². The van der Waals surface area contributed by atoms with Gasteiger partial charge in [-0.15, -0.1) is 0 Å². The number of nitrogens with one attached hydrogen (secondary N) is 1. The summed E-state index contributed by atoms with van der Waals surface area (Å²) in [6.45, 7) is 0. The van der Waals surface area contributed by atoms with Crippen molar-refractivity contribution in [3.63, 3.8) is 0 Å². The van der Waals surface area contributed by atoms with Crippen LogP contribution in [0.4, 0.5) is 40.8 Å². The van der Waals surface area contributed by atoms with Gasteiger partial charge in [0.2, 0.25) is 11.7 Å². The first-order valence-electron chi connectivity index (χ1n) is 7.33. The average molecular weight is 422 g/mol. The maximum Gasteiger partial charge on any atom is 0.416 e. The second kappa shape index (κ2) is 7.86. The number of benzene rings is 2. The van der Waals surface area contributed by atoms with E-state index in [0.717, 1.165) is 18.2 Å². The first-order valence-corrected chi connectivity index (χ1v) is 7.33. The van der Waals surface area contributed by atoms with E-state index in [9.17, 15) is 44.7 Å². The molecule has 4 nitrogen and oxygen atoms in total. The second-order valence-electron chi connectivity index (χ2n) is 5.44. The Kier molecular flexibility index (Phi) is 5.91. The number of hydrogen-bond acceptors (Lipinski definition) is 3. The molecule has 12 heteroatoms. The van der Waals surface area contributed by atoms with Gasteiger partial charge in [-0.25, -0.2) is 22.0 Å². The van der Waals surface area contributed by atoms with Crippen LogP contribution < -0.4 is 5.32 Å². The maximum atomic E-state index is 13.7. The minimum Gasteiger partial charge on any atom is -0.325 e. The summed E-state index contributed by atoms with van der Waals surface area (Å²) in [7, 11) is 0. The van der Waals surface area contributed by atoms with Gasteiger partial charge >= 0.3 is 6.18 Å². The van der Waals surface area contributed by atoms with E-state index in [1.54, 1.807) is 0 Å². The number of nitrogens with zero attached hydrogens (tertiary/aromatic N) is 1. The van der Waals surface area contributed by atoms with Crippen LogP contribution in [0, 0.1) is 46.3 Å². The number of amides is 1. The van der Waals surface area contributed by atoms with Crippen LogP contribution in [-0.4, -0.2) is 11.7 Å². The number of anilines is 1. The van der Waals surface area contributed by atoms with Crippen molar-refractivity contribution in [2.45, 2.75) is 6.18 Å². The lowest BCUT2D eigenvalue weighted by atomic mass is 9.96. The van der Waals surface area contributed by atoms with E-state index in [4.69, 9.17) is 5.26 Å². The lowest BCUT2D eigenvalue weighted by Gasteiger charge is -2.12. The number of halogens is 8. The monoisotopic (exact) mass is 422 g/mol. The zero-order valence-corrected chi connectivity index (χ0v) is 13.7. The highest BCUT2D eigenvalue weighted by molar-refractivity contribution is 6.15. The molecule has 0 fully saturated rings. The summed E-state index contributed by atoms with van der Waals surface area (Å²) in [5.74, 6) is -18.6. The van der Waals surface area contributed by atoms with Gasteiger partial charge in [0.05, 0.1) is 17.2 Å². The highest BCUT2D eigenvalue weighted by Crippen LogP contribution is 2.30. The normalized spacial score (nSPS) is 12.2. The lowest BCUT2D eigenvalue weighted by molar-refractivity contribution is -0.137. The minimum atomic E-state index is -4.68. The van der Waals surface area contributed by atoms with Crippen molar-refractivity contribution in [1.29, 1.82) is 5.26 Å². The number of carbonyl (C=O) groups excluding carboxylic acids is 2. The van der Waals surface area contributed by atoms with Gasteiger partial charge in [0.15, 0.2) is 35.0 Å². The number of alkyl halides is 3. The van der Waals surface area contributed by atoms with Gasteiger partial charge in [-0.05, 0) is 24.3 Å². The van der Waals surface area contributed by atoms with Crippen molar-refractivity contribution in [1.82, 2.24) is 0 Å². The molecule has 0 aromatic heterocycles. The van der Waals surface area contributed by atoms with Crippen LogP contribution in [0.2, 0.25) is 0 Å². The van der Waals surface area contributed by atoms with Gasteiger partial charge in [0.1, 0.15) is 0 Å². The molecule has 2 rings (SSSR count). The molecule has 0 radical (unpaired) electrons. The summed E-state index contributed by atoms with van der Waals surface area (Å²) in [5, 5.41) is 10.8. The molecule has 2 aromatic carbocycles. The summed E-state index contributed by atoms with van der Waals surface area (Å²) in [4.78, 5) is 24.1. The molecule has 0 bridgehead atoms. The van der Waals surface area contributed by atoms with Gasteiger partial charge in [-0.1, -0.05) is 0 Å². The molecular weight excluding hydrogens is 416 g/mol. The number of Topliss-reactive ketones (excluding diaryl/α,β-unsaturated/α-hetero) is 1. The van der Waals surface area contributed by atoms with Crippen LogP contribution in [0.1, 0.15) is 15.9 Å². The SMILES string of the molecule is N#CC(C(=O)Nc1ccc(C(F)(F)F)cc1)C(=O)c1c(F)c(F)c(F)c(F)c1F. The summed E-state index contributed by atoms with van der Waals surface area (Å²) in [6, 6.07) is 3.69. The Morgan fingerprint density at radius 3 is 1.72 bits per heavy atom. The number of ketones is 1. The fourth-order valence-corrected chi connectivity index (χ4v) is 2.16. The maximum absolute atomic E-state index is 13.7. The molecule has 1 unspecified atom stereocenters. The molecule has 0 aliphatic heterocycles. The molecule has 0 aliphatic carbocycles. The predicted molar refractivity (Wildman–Crippen MR) is 79.7 cm³/mol. The first-order chi connectivity index (χ1) is 13.4. The molecule has 1 N–H and O–H groups in total. The van der Waals surface area contributed by atoms with Crippen molar-refractivity contribution < 1.29 is 44.7 Å². The molecule has 0 saturated heterocycles. The zero-order chi connectivity index (χ0) is 22.1. The highest BCUT2D eigenvalue weighted by Gasteiger charge is 2.36. The van der Waals surface area contributed by atoms with Gasteiger partial charge in [-0.2, -0.15) is 18.4 Å². The summed E-state index contributed by atoms with van der Waals surface area (Å²) in [5.41, 5.74) is -3.39. The second-order valence-corrected chi connectivity index (χ2v) is 5.44. The van der Waals surface area contributed by atoms with Gasteiger partial charge in [-0.3, -0.25) is 9.59 Å². The van der Waals surface area contributed by atoms with Gasteiger partial charge in [0.25, 0.3) is 0 Å². The van der Waals surface area contributed by atoms with E-state index in [1.165, 1.54) is 0 Å². The quantitative estimate of drug-likeness (QED) is 0.262. The number of nitriles is 1. The van der Waals surface area contributed by atoms with Gasteiger partial charge < -0.3 is 5.32 Å². The first kappa shape index (κ1) is 21.8. The Hall–Kier alpha value is -3.49. The van der Waals surface area contributed by atoms with E-state index >= 15 is 0 Å². The number of rotatable bonds is 4. The third kappa shape index (κ3) is 4.18. The van der Waals surface area contributed by atoms with Crippen LogP contribution in [-0.2, 0) is 11.0 Å². The molecule has 0 saturated carbocycles. The minimum absolute atomic E-state index is 0.325. The summed E-state index contributed by atoms with van der Waals surface area (Å²) in [6.07, 6.45) is -4.68. The topological polar surface area (TPSA) is 70.0 Å². The molecule has 1 atom stereocenters. The predicted octanol–water partition coefficient (Wildman–Crippen LogP) is 4.36. The highest BCUT2D eigenvalue weighted by atomic mass is 19.4. The fourth-order valence-electron chi connectivity index (χ4n) is 2.16. The van der Waals surface area contributed by atoms with E-state index in [2.05, 4.69) is 0 Å². The van der Waals surface area contributed by atoms with E-state index in [1.807, 2.05) is 5.32 Å². The van der Waals surface area contributed by atoms with E-state index < -0.39 is 64.0 Å². The third-order valence-corrected chi connectivity index (χ3v) is 3.59. The fraction of sp³-hybridized carbons (Fsp3) is 0.118. The van der Waals surface area contributed by atoms with Crippen LogP contribution in [0.3, 0.4) is 0 Å². The molecule has 0 heterocycles. The Labute approximate surface area is 156 Å². The molecule has 0 aliphatic rings.